The Balaban J connectivity index is 3.37. The maximum absolute atomic E-state index is 8.59. The van der Waals surface area contributed by atoms with Gasteiger partial charge in [0.05, 0.1) is 6.61 Å². The predicted octanol–water partition coefficient (Wildman–Crippen LogP) is 0.0591. The molecule has 0 saturated carbocycles. The highest BCUT2D eigenvalue weighted by atomic mass is 32.2. The lowest BCUT2D eigenvalue weighted by Gasteiger charge is -2.19. The van der Waals surface area contributed by atoms with Crippen molar-refractivity contribution < 1.29 is 5.11 Å². The molecule has 0 amide bonds. The molecule has 0 aromatic heterocycles. The van der Waals surface area contributed by atoms with Crippen LogP contribution in [0.15, 0.2) is 0 Å². The first-order valence-electron chi connectivity index (χ1n) is 2.51. The summed E-state index contributed by atoms with van der Waals surface area (Å²) in [4.78, 5) is 0. The SMILES string of the molecule is CSCC(C)(N)CO. The molecular weight excluding hydrogens is 122 g/mol. The minimum Gasteiger partial charge on any atom is -0.394 e. The molecule has 0 aliphatic rings. The maximum Gasteiger partial charge on any atom is 0.0616 e. The molecule has 0 saturated heterocycles. The van der Waals surface area contributed by atoms with Gasteiger partial charge in [0.2, 0.25) is 0 Å². The normalized spacial score (nSPS) is 18.0. The molecule has 0 bridgehead atoms. The van der Waals surface area contributed by atoms with Crippen molar-refractivity contribution in [3.63, 3.8) is 0 Å². The molecule has 0 aromatic carbocycles. The van der Waals surface area contributed by atoms with Crippen LogP contribution in [0.4, 0.5) is 0 Å². The molecule has 3 N–H and O–H groups in total. The van der Waals surface area contributed by atoms with E-state index in [1.807, 2.05) is 13.2 Å². The number of hydrogen-bond donors (Lipinski definition) is 2. The summed E-state index contributed by atoms with van der Waals surface area (Å²) in [5, 5.41) is 8.59. The highest BCUT2D eigenvalue weighted by Gasteiger charge is 2.14. The lowest BCUT2D eigenvalue weighted by atomic mass is 10.1. The van der Waals surface area contributed by atoms with Crippen LogP contribution < -0.4 is 5.73 Å². The molecule has 0 radical (unpaired) electrons. The van der Waals surface area contributed by atoms with Gasteiger partial charge in [-0.25, -0.2) is 0 Å². The summed E-state index contributed by atoms with van der Waals surface area (Å²) in [6.07, 6.45) is 1.97. The van der Waals surface area contributed by atoms with Crippen molar-refractivity contribution >= 4 is 11.8 Å². The lowest BCUT2D eigenvalue weighted by Crippen LogP contribution is -2.42. The van der Waals surface area contributed by atoms with Gasteiger partial charge in [0.25, 0.3) is 0 Å². The molecule has 1 atom stereocenters. The quantitative estimate of drug-likeness (QED) is 0.575. The van der Waals surface area contributed by atoms with E-state index in [4.69, 9.17) is 10.8 Å². The molecule has 1 unspecified atom stereocenters. The number of nitrogens with two attached hydrogens (primary N) is 1. The lowest BCUT2D eigenvalue weighted by molar-refractivity contribution is 0.224. The zero-order valence-electron chi connectivity index (χ0n) is 5.35. The molecule has 0 spiro atoms. The Hall–Kier alpha value is 0.270. The van der Waals surface area contributed by atoms with E-state index in [9.17, 15) is 0 Å². The standard InChI is InChI=1S/C5H13NOS/c1-5(6,3-7)4-8-2/h7H,3-4,6H2,1-2H3. The second-order valence-corrected chi connectivity index (χ2v) is 3.11. The van der Waals surface area contributed by atoms with Gasteiger partial charge in [-0.2, -0.15) is 11.8 Å². The first-order valence-corrected chi connectivity index (χ1v) is 3.90. The number of hydrogen-bond acceptors (Lipinski definition) is 3. The molecular formula is C5H13NOS. The van der Waals surface area contributed by atoms with Crippen molar-refractivity contribution in [3.05, 3.63) is 0 Å². The van der Waals surface area contributed by atoms with Crippen molar-refractivity contribution in [2.24, 2.45) is 5.73 Å². The van der Waals surface area contributed by atoms with E-state index in [-0.39, 0.29) is 12.1 Å². The first-order chi connectivity index (χ1) is 3.62. The molecule has 50 valence electrons. The van der Waals surface area contributed by atoms with Crippen LogP contribution >= 0.6 is 11.8 Å². The summed E-state index contributed by atoms with van der Waals surface area (Å²) >= 11 is 1.65. The molecule has 8 heavy (non-hydrogen) atoms. The third-order valence-corrected chi connectivity index (χ3v) is 1.78. The van der Waals surface area contributed by atoms with Crippen LogP contribution in [-0.4, -0.2) is 29.3 Å². The summed E-state index contributed by atoms with van der Waals surface area (Å²) < 4.78 is 0. The molecule has 3 heteroatoms. The Labute approximate surface area is 54.5 Å². The van der Waals surface area contributed by atoms with Crippen molar-refractivity contribution in [2.75, 3.05) is 18.6 Å². The van der Waals surface area contributed by atoms with E-state index in [1.54, 1.807) is 11.8 Å². The topological polar surface area (TPSA) is 46.2 Å². The molecule has 0 heterocycles. The summed E-state index contributed by atoms with van der Waals surface area (Å²) in [5.74, 6) is 0.809. The van der Waals surface area contributed by atoms with Gasteiger partial charge in [0, 0.05) is 11.3 Å². The summed E-state index contributed by atoms with van der Waals surface area (Å²) in [6.45, 7) is 1.90. The molecule has 0 rings (SSSR count). The minimum atomic E-state index is -0.389. The number of rotatable bonds is 3. The fourth-order valence-corrected chi connectivity index (χ4v) is 1.13. The van der Waals surface area contributed by atoms with E-state index in [2.05, 4.69) is 0 Å². The minimum absolute atomic E-state index is 0.0633. The second-order valence-electron chi connectivity index (χ2n) is 2.25. The predicted molar refractivity (Wildman–Crippen MR) is 38.1 cm³/mol. The van der Waals surface area contributed by atoms with Gasteiger partial charge in [-0.3, -0.25) is 0 Å². The largest absolute Gasteiger partial charge is 0.394 e. The van der Waals surface area contributed by atoms with Crippen LogP contribution in [0.3, 0.4) is 0 Å². The number of thioether (sulfide) groups is 1. The molecule has 0 aliphatic heterocycles. The van der Waals surface area contributed by atoms with Gasteiger partial charge in [-0.15, -0.1) is 0 Å². The van der Waals surface area contributed by atoms with Gasteiger partial charge >= 0.3 is 0 Å². The van der Waals surface area contributed by atoms with Crippen LogP contribution in [0.1, 0.15) is 6.92 Å². The van der Waals surface area contributed by atoms with Crippen molar-refractivity contribution in [1.82, 2.24) is 0 Å². The highest BCUT2D eigenvalue weighted by molar-refractivity contribution is 7.98. The highest BCUT2D eigenvalue weighted by Crippen LogP contribution is 2.04. The van der Waals surface area contributed by atoms with E-state index < -0.39 is 0 Å². The van der Waals surface area contributed by atoms with Gasteiger partial charge in [-0.05, 0) is 13.2 Å². The van der Waals surface area contributed by atoms with Gasteiger partial charge in [0.1, 0.15) is 0 Å². The van der Waals surface area contributed by atoms with Crippen LogP contribution in [0.5, 0.6) is 0 Å². The van der Waals surface area contributed by atoms with Crippen LogP contribution in [0.2, 0.25) is 0 Å². The Kier molecular flexibility index (Phi) is 3.44. The fourth-order valence-electron chi connectivity index (χ4n) is 0.375. The average molecular weight is 135 g/mol. The van der Waals surface area contributed by atoms with Crippen molar-refractivity contribution in [1.29, 1.82) is 0 Å². The maximum atomic E-state index is 8.59. The van der Waals surface area contributed by atoms with Crippen molar-refractivity contribution in [3.8, 4) is 0 Å². The molecule has 0 aliphatic carbocycles. The van der Waals surface area contributed by atoms with Gasteiger partial charge < -0.3 is 10.8 Å². The third kappa shape index (κ3) is 3.29. The zero-order chi connectivity index (χ0) is 6.62. The molecule has 2 nitrogen and oxygen atoms in total. The Morgan fingerprint density at radius 2 is 2.25 bits per heavy atom. The van der Waals surface area contributed by atoms with Crippen LogP contribution in [-0.2, 0) is 0 Å². The first kappa shape index (κ1) is 8.27. The molecule has 0 aromatic rings. The third-order valence-electron chi connectivity index (χ3n) is 0.835. The number of aliphatic hydroxyl groups excluding tert-OH is 1. The Bertz CT molecular complexity index is 65.4. The summed E-state index contributed by atoms with van der Waals surface area (Å²) in [5.41, 5.74) is 5.17. The van der Waals surface area contributed by atoms with E-state index in [1.165, 1.54) is 0 Å². The van der Waals surface area contributed by atoms with Gasteiger partial charge in [-0.1, -0.05) is 0 Å². The van der Waals surface area contributed by atoms with E-state index in [0.29, 0.717) is 0 Å². The summed E-state index contributed by atoms with van der Waals surface area (Å²) in [7, 11) is 0. The van der Waals surface area contributed by atoms with Crippen molar-refractivity contribution in [2.45, 2.75) is 12.5 Å². The fraction of sp³-hybridized carbons (Fsp3) is 1.00. The molecule has 0 fully saturated rings. The zero-order valence-corrected chi connectivity index (χ0v) is 6.16. The van der Waals surface area contributed by atoms with E-state index >= 15 is 0 Å². The Morgan fingerprint density at radius 1 is 1.75 bits per heavy atom. The van der Waals surface area contributed by atoms with Gasteiger partial charge in [0.15, 0.2) is 0 Å². The number of aliphatic hydroxyl groups is 1. The van der Waals surface area contributed by atoms with Crippen LogP contribution in [0.25, 0.3) is 0 Å². The summed E-state index contributed by atoms with van der Waals surface area (Å²) in [6, 6.07) is 0. The Morgan fingerprint density at radius 3 is 2.38 bits per heavy atom. The smallest absolute Gasteiger partial charge is 0.0616 e. The van der Waals surface area contributed by atoms with E-state index in [0.717, 1.165) is 5.75 Å². The monoisotopic (exact) mass is 135 g/mol. The average Bonchev–Trinajstić information content (AvgIpc) is 1.67. The van der Waals surface area contributed by atoms with Crippen LogP contribution in [0, 0.1) is 0 Å². The second kappa shape index (κ2) is 3.33.